The smallest absolute Gasteiger partial charge is 0.254 e. The third-order valence-electron chi connectivity index (χ3n) is 2.16. The minimum absolute atomic E-state index is 0.00287. The predicted molar refractivity (Wildman–Crippen MR) is 69.1 cm³/mol. The lowest BCUT2D eigenvalue weighted by molar-refractivity contribution is 0.0939. The number of pyridine rings is 1. The van der Waals surface area contributed by atoms with Gasteiger partial charge in [0, 0.05) is 25.0 Å². The van der Waals surface area contributed by atoms with Crippen molar-refractivity contribution in [3.63, 3.8) is 0 Å². The quantitative estimate of drug-likeness (QED) is 0.843. The molecule has 0 aromatic carbocycles. The monoisotopic (exact) mass is 257 g/mol. The van der Waals surface area contributed by atoms with Gasteiger partial charge in [0.1, 0.15) is 0 Å². The van der Waals surface area contributed by atoms with Crippen LogP contribution in [0.2, 0.25) is 0 Å². The van der Waals surface area contributed by atoms with Crippen molar-refractivity contribution in [3.05, 3.63) is 23.6 Å². The van der Waals surface area contributed by atoms with Crippen molar-refractivity contribution in [2.45, 2.75) is 13.0 Å². The van der Waals surface area contributed by atoms with Gasteiger partial charge in [0.2, 0.25) is 0 Å². The summed E-state index contributed by atoms with van der Waals surface area (Å²) >= 11 is 1.63. The molecule has 1 atom stereocenters. The molecule has 0 saturated carbocycles. The number of thioether (sulfide) groups is 1. The molecule has 6 heteroatoms. The Morgan fingerprint density at radius 2 is 2.35 bits per heavy atom. The number of hydrogen-bond acceptors (Lipinski definition) is 4. The highest BCUT2D eigenvalue weighted by molar-refractivity contribution is 7.98. The van der Waals surface area contributed by atoms with Crippen LogP contribution in [0, 0.1) is 5.82 Å². The first kappa shape index (κ1) is 13.8. The fourth-order valence-corrected chi connectivity index (χ4v) is 1.97. The zero-order valence-corrected chi connectivity index (χ0v) is 10.9. The second-order valence-corrected chi connectivity index (χ2v) is 4.51. The number of anilines is 1. The van der Waals surface area contributed by atoms with Crippen molar-refractivity contribution >= 4 is 23.5 Å². The molecule has 4 nitrogen and oxygen atoms in total. The van der Waals surface area contributed by atoms with Gasteiger partial charge >= 0.3 is 0 Å². The van der Waals surface area contributed by atoms with E-state index in [0.717, 1.165) is 5.75 Å². The second-order valence-electron chi connectivity index (χ2n) is 3.60. The molecule has 1 rings (SSSR count). The van der Waals surface area contributed by atoms with Gasteiger partial charge in [-0.25, -0.2) is 9.37 Å². The van der Waals surface area contributed by atoms with Crippen molar-refractivity contribution in [3.8, 4) is 0 Å². The van der Waals surface area contributed by atoms with Gasteiger partial charge in [-0.2, -0.15) is 11.8 Å². The van der Waals surface area contributed by atoms with Crippen LogP contribution >= 0.6 is 11.8 Å². The summed E-state index contributed by atoms with van der Waals surface area (Å²) in [5.74, 6) is -0.167. The highest BCUT2D eigenvalue weighted by Gasteiger charge is 2.16. The molecule has 17 heavy (non-hydrogen) atoms. The summed E-state index contributed by atoms with van der Waals surface area (Å²) in [5, 5.41) is 5.33. The molecule has 1 amide bonds. The normalized spacial score (nSPS) is 12.0. The Balaban J connectivity index is 2.82. The average molecular weight is 257 g/mol. The summed E-state index contributed by atoms with van der Waals surface area (Å²) in [6.45, 7) is 1.88. The molecule has 1 aromatic heterocycles. The van der Waals surface area contributed by atoms with E-state index in [1.807, 2.05) is 13.2 Å². The number of carbonyl (C=O) groups excluding carboxylic acids is 1. The van der Waals surface area contributed by atoms with Gasteiger partial charge < -0.3 is 10.6 Å². The van der Waals surface area contributed by atoms with E-state index in [0.29, 0.717) is 0 Å². The number of nitrogens with zero attached hydrogens (tertiary/aromatic N) is 1. The Hall–Kier alpha value is -1.30. The first-order valence-corrected chi connectivity index (χ1v) is 6.61. The van der Waals surface area contributed by atoms with Gasteiger partial charge in [0.15, 0.2) is 11.6 Å². The molecule has 0 aliphatic carbocycles. The predicted octanol–water partition coefficient (Wildman–Crippen LogP) is 1.74. The van der Waals surface area contributed by atoms with Crippen LogP contribution in [0.25, 0.3) is 0 Å². The number of halogens is 1. The molecule has 2 N–H and O–H groups in total. The highest BCUT2D eigenvalue weighted by Crippen LogP contribution is 2.14. The minimum Gasteiger partial charge on any atom is -0.371 e. The van der Waals surface area contributed by atoms with E-state index in [1.54, 1.807) is 18.8 Å². The number of nitrogens with one attached hydrogen (secondary N) is 2. The van der Waals surface area contributed by atoms with E-state index in [4.69, 9.17) is 0 Å². The van der Waals surface area contributed by atoms with E-state index in [1.165, 1.54) is 12.3 Å². The third kappa shape index (κ3) is 3.59. The van der Waals surface area contributed by atoms with Crippen LogP contribution in [0.5, 0.6) is 0 Å². The fraction of sp³-hybridized carbons (Fsp3) is 0.455. The van der Waals surface area contributed by atoms with E-state index < -0.39 is 11.7 Å². The van der Waals surface area contributed by atoms with Gasteiger partial charge in [-0.15, -0.1) is 0 Å². The fourth-order valence-electron chi connectivity index (χ4n) is 1.39. The summed E-state index contributed by atoms with van der Waals surface area (Å²) < 4.78 is 13.8. The van der Waals surface area contributed by atoms with Gasteiger partial charge in [-0.1, -0.05) is 0 Å². The maximum Gasteiger partial charge on any atom is 0.254 e. The zero-order valence-electron chi connectivity index (χ0n) is 10.1. The molecule has 0 saturated heterocycles. The lowest BCUT2D eigenvalue weighted by Crippen LogP contribution is -2.34. The van der Waals surface area contributed by atoms with E-state index in [2.05, 4.69) is 15.6 Å². The van der Waals surface area contributed by atoms with E-state index >= 15 is 0 Å². The van der Waals surface area contributed by atoms with Gasteiger partial charge in [0.25, 0.3) is 5.91 Å². The van der Waals surface area contributed by atoms with Crippen LogP contribution in [-0.4, -0.2) is 36.0 Å². The molecule has 0 fully saturated rings. The number of carbonyl (C=O) groups is 1. The number of amides is 1. The van der Waals surface area contributed by atoms with Crippen molar-refractivity contribution in [1.29, 1.82) is 0 Å². The topological polar surface area (TPSA) is 54.0 Å². The van der Waals surface area contributed by atoms with Gasteiger partial charge in [-0.05, 0) is 19.2 Å². The van der Waals surface area contributed by atoms with Crippen LogP contribution in [0.15, 0.2) is 12.3 Å². The molecule has 94 valence electrons. The Morgan fingerprint density at radius 3 is 2.94 bits per heavy atom. The molecule has 0 spiro atoms. The van der Waals surface area contributed by atoms with Crippen molar-refractivity contribution in [2.75, 3.05) is 24.4 Å². The minimum atomic E-state index is -0.621. The molecule has 1 unspecified atom stereocenters. The zero-order chi connectivity index (χ0) is 12.8. The van der Waals surface area contributed by atoms with Crippen molar-refractivity contribution in [1.82, 2.24) is 10.3 Å². The van der Waals surface area contributed by atoms with E-state index in [9.17, 15) is 9.18 Å². The average Bonchev–Trinajstić information content (AvgIpc) is 2.29. The Bertz CT molecular complexity index is 400. The third-order valence-corrected chi connectivity index (χ3v) is 3.00. The summed E-state index contributed by atoms with van der Waals surface area (Å²) in [6, 6.07) is 1.38. The number of aromatic nitrogens is 1. The van der Waals surface area contributed by atoms with E-state index in [-0.39, 0.29) is 17.4 Å². The van der Waals surface area contributed by atoms with Crippen LogP contribution < -0.4 is 10.6 Å². The molecule has 0 bridgehead atoms. The van der Waals surface area contributed by atoms with Crippen molar-refractivity contribution < 1.29 is 9.18 Å². The summed E-state index contributed by atoms with van der Waals surface area (Å²) in [5.41, 5.74) is 0.0114. The largest absolute Gasteiger partial charge is 0.371 e. The standard InChI is InChI=1S/C11H16FN3OS/c1-7(6-17-3)15-11(16)8-4-5-14-10(13-2)9(8)12/h4-5,7H,6H2,1-3H3,(H,13,14)(H,15,16). The molecule has 0 radical (unpaired) electrons. The van der Waals surface area contributed by atoms with Gasteiger partial charge in [-0.3, -0.25) is 4.79 Å². The first-order valence-electron chi connectivity index (χ1n) is 5.22. The summed E-state index contributed by atoms with van der Waals surface area (Å²) in [6.07, 6.45) is 3.36. The SMILES string of the molecule is CNc1nccc(C(=O)NC(C)CSC)c1F. The highest BCUT2D eigenvalue weighted by atomic mass is 32.2. The van der Waals surface area contributed by atoms with Crippen LogP contribution in [0.4, 0.5) is 10.2 Å². The summed E-state index contributed by atoms with van der Waals surface area (Å²) in [7, 11) is 1.56. The molecule has 0 aliphatic rings. The Morgan fingerprint density at radius 1 is 1.65 bits per heavy atom. The Kier molecular flexibility index (Phi) is 5.21. The molecule has 1 heterocycles. The summed E-state index contributed by atoms with van der Waals surface area (Å²) in [4.78, 5) is 15.6. The lowest BCUT2D eigenvalue weighted by atomic mass is 10.2. The molecular formula is C11H16FN3OS. The van der Waals surface area contributed by atoms with Gasteiger partial charge in [0.05, 0.1) is 5.56 Å². The van der Waals surface area contributed by atoms with Crippen LogP contribution in [0.1, 0.15) is 17.3 Å². The maximum absolute atomic E-state index is 13.8. The number of rotatable bonds is 5. The number of hydrogen-bond donors (Lipinski definition) is 2. The van der Waals surface area contributed by atoms with Crippen molar-refractivity contribution in [2.24, 2.45) is 0 Å². The van der Waals surface area contributed by atoms with Crippen LogP contribution in [0.3, 0.4) is 0 Å². The Labute approximate surface area is 104 Å². The maximum atomic E-state index is 13.8. The lowest BCUT2D eigenvalue weighted by Gasteiger charge is -2.13. The molecule has 0 aliphatic heterocycles. The second kappa shape index (κ2) is 6.44. The molecule has 1 aromatic rings. The van der Waals surface area contributed by atoms with Crippen LogP contribution in [-0.2, 0) is 0 Å². The first-order chi connectivity index (χ1) is 8.10. The molecular weight excluding hydrogens is 241 g/mol.